The van der Waals surface area contributed by atoms with E-state index < -0.39 is 29.1 Å². The summed E-state index contributed by atoms with van der Waals surface area (Å²) >= 11 is 0. The number of rotatable bonds is 7. The molecule has 0 bridgehead atoms. The van der Waals surface area contributed by atoms with Gasteiger partial charge in [-0.3, -0.25) is 9.59 Å². The van der Waals surface area contributed by atoms with E-state index in [4.69, 9.17) is 4.74 Å². The molecule has 1 heterocycles. The zero-order valence-electron chi connectivity index (χ0n) is 18.5. The molecule has 1 aliphatic heterocycles. The minimum Gasteiger partial charge on any atom is -0.464 e. The first kappa shape index (κ1) is 22.7. The Kier molecular flexibility index (Phi) is 7.26. The second kappa shape index (κ2) is 9.90. The summed E-state index contributed by atoms with van der Waals surface area (Å²) in [6, 6.07) is 19.6. The molecule has 0 aliphatic carbocycles. The van der Waals surface area contributed by atoms with Gasteiger partial charge in [-0.05, 0) is 30.4 Å². The predicted octanol–water partition coefficient (Wildman–Crippen LogP) is 4.36. The van der Waals surface area contributed by atoms with Crippen LogP contribution in [0.15, 0.2) is 60.7 Å². The van der Waals surface area contributed by atoms with Crippen molar-refractivity contribution >= 4 is 17.7 Å². The fourth-order valence-corrected chi connectivity index (χ4v) is 3.98. The number of hydrogen-bond acceptors (Lipinski definition) is 4. The van der Waals surface area contributed by atoms with Crippen molar-refractivity contribution in [2.24, 2.45) is 5.41 Å². The number of carbonyl (C=O) groups excluding carboxylic acids is 3. The van der Waals surface area contributed by atoms with Crippen LogP contribution < -0.4 is 0 Å². The van der Waals surface area contributed by atoms with Crippen molar-refractivity contribution in [1.82, 2.24) is 4.90 Å². The van der Waals surface area contributed by atoms with Gasteiger partial charge in [-0.25, -0.2) is 4.79 Å². The lowest BCUT2D eigenvalue weighted by molar-refractivity contribution is -0.157. The highest BCUT2D eigenvalue weighted by Crippen LogP contribution is 2.28. The predicted molar refractivity (Wildman–Crippen MR) is 120 cm³/mol. The Balaban J connectivity index is 1.64. The maximum atomic E-state index is 12.8. The molecule has 1 amide bonds. The van der Waals surface area contributed by atoms with Gasteiger partial charge in [0.2, 0.25) is 5.78 Å². The standard InChI is InChI=1S/C26H31NO4/c1-26(2,3)23(28)24(29)27-17-10-15-22(27)25(30)31-18-16-21(19-11-6-4-7-12-19)20-13-8-5-9-14-20/h4-9,11-14,21-22H,10,15-18H2,1-3H3/t22-/m1/s1. The number of carbonyl (C=O) groups is 3. The fourth-order valence-electron chi connectivity index (χ4n) is 3.98. The SMILES string of the molecule is CC(C)(C)C(=O)C(=O)N1CCC[C@@H]1C(=O)OCCC(c1ccccc1)c1ccccc1. The molecule has 164 valence electrons. The van der Waals surface area contributed by atoms with Crippen LogP contribution in [0.3, 0.4) is 0 Å². The Labute approximate surface area is 184 Å². The number of ether oxygens (including phenoxy) is 1. The highest BCUT2D eigenvalue weighted by Gasteiger charge is 2.40. The van der Waals surface area contributed by atoms with Crippen LogP contribution in [0.5, 0.6) is 0 Å². The molecule has 0 N–H and O–H groups in total. The third-order valence-electron chi connectivity index (χ3n) is 5.72. The smallest absolute Gasteiger partial charge is 0.328 e. The van der Waals surface area contributed by atoms with Crippen LogP contribution in [-0.2, 0) is 19.1 Å². The first-order valence-corrected chi connectivity index (χ1v) is 10.9. The van der Waals surface area contributed by atoms with E-state index in [0.717, 1.165) is 11.1 Å². The average Bonchev–Trinajstić information content (AvgIpc) is 3.26. The molecule has 3 rings (SSSR count). The molecule has 0 radical (unpaired) electrons. The summed E-state index contributed by atoms with van der Waals surface area (Å²) in [5, 5.41) is 0. The lowest BCUT2D eigenvalue weighted by atomic mass is 9.89. The number of nitrogens with zero attached hydrogens (tertiary/aromatic N) is 1. The van der Waals surface area contributed by atoms with Crippen LogP contribution in [0.2, 0.25) is 0 Å². The second-order valence-corrected chi connectivity index (χ2v) is 9.07. The third-order valence-corrected chi connectivity index (χ3v) is 5.72. The molecule has 2 aromatic rings. The Morgan fingerprint density at radius 2 is 1.52 bits per heavy atom. The lowest BCUT2D eigenvalue weighted by Gasteiger charge is -2.26. The van der Waals surface area contributed by atoms with Gasteiger partial charge in [0.25, 0.3) is 5.91 Å². The normalized spacial score (nSPS) is 16.4. The summed E-state index contributed by atoms with van der Waals surface area (Å²) in [7, 11) is 0. The van der Waals surface area contributed by atoms with Crippen molar-refractivity contribution in [1.29, 1.82) is 0 Å². The summed E-state index contributed by atoms with van der Waals surface area (Å²) in [5.41, 5.74) is 1.56. The van der Waals surface area contributed by atoms with Gasteiger partial charge >= 0.3 is 5.97 Å². The summed E-state index contributed by atoms with van der Waals surface area (Å²) in [6.45, 7) is 5.80. The largest absolute Gasteiger partial charge is 0.464 e. The maximum Gasteiger partial charge on any atom is 0.328 e. The van der Waals surface area contributed by atoms with Crippen LogP contribution in [0.4, 0.5) is 0 Å². The molecule has 1 saturated heterocycles. The van der Waals surface area contributed by atoms with Crippen molar-refractivity contribution in [3.63, 3.8) is 0 Å². The molecule has 2 aromatic carbocycles. The van der Waals surface area contributed by atoms with Gasteiger partial charge in [0.05, 0.1) is 6.61 Å². The highest BCUT2D eigenvalue weighted by atomic mass is 16.5. The zero-order valence-corrected chi connectivity index (χ0v) is 18.5. The Bertz CT molecular complexity index is 863. The summed E-state index contributed by atoms with van der Waals surface area (Å²) in [5.74, 6) is -1.37. The van der Waals surface area contributed by atoms with E-state index >= 15 is 0 Å². The van der Waals surface area contributed by atoms with Gasteiger partial charge in [0.15, 0.2) is 0 Å². The second-order valence-electron chi connectivity index (χ2n) is 9.07. The van der Waals surface area contributed by atoms with Crippen LogP contribution in [0.1, 0.15) is 57.1 Å². The Morgan fingerprint density at radius 3 is 2.03 bits per heavy atom. The number of hydrogen-bond donors (Lipinski definition) is 0. The van der Waals surface area contributed by atoms with Crippen molar-refractivity contribution in [3.05, 3.63) is 71.8 Å². The fraction of sp³-hybridized carbons (Fsp3) is 0.423. The van der Waals surface area contributed by atoms with E-state index in [-0.39, 0.29) is 12.5 Å². The number of ketones is 1. The van der Waals surface area contributed by atoms with E-state index in [1.54, 1.807) is 20.8 Å². The van der Waals surface area contributed by atoms with Crippen LogP contribution >= 0.6 is 0 Å². The third kappa shape index (κ3) is 5.60. The van der Waals surface area contributed by atoms with E-state index in [1.165, 1.54) is 4.90 Å². The molecule has 0 unspecified atom stereocenters. The van der Waals surface area contributed by atoms with Gasteiger partial charge in [-0.2, -0.15) is 0 Å². The molecule has 1 aliphatic rings. The first-order valence-electron chi connectivity index (χ1n) is 10.9. The lowest BCUT2D eigenvalue weighted by Crippen LogP contribution is -2.47. The molecule has 0 saturated carbocycles. The van der Waals surface area contributed by atoms with Crippen molar-refractivity contribution in [3.8, 4) is 0 Å². The maximum absolute atomic E-state index is 12.8. The molecule has 31 heavy (non-hydrogen) atoms. The minimum absolute atomic E-state index is 0.110. The van der Waals surface area contributed by atoms with Crippen LogP contribution in [-0.4, -0.2) is 41.8 Å². The van der Waals surface area contributed by atoms with Crippen LogP contribution in [0, 0.1) is 5.41 Å². The van der Waals surface area contributed by atoms with Gasteiger partial charge < -0.3 is 9.64 Å². The van der Waals surface area contributed by atoms with E-state index in [0.29, 0.717) is 25.8 Å². The highest BCUT2D eigenvalue weighted by molar-refractivity contribution is 6.38. The molecule has 5 heteroatoms. The Hall–Kier alpha value is -2.95. The van der Waals surface area contributed by atoms with E-state index in [1.807, 2.05) is 36.4 Å². The number of amides is 1. The summed E-state index contributed by atoms with van der Waals surface area (Å²) < 4.78 is 5.60. The number of Topliss-reactive ketones (excluding diaryl/α,β-unsaturated/α-hetero) is 1. The van der Waals surface area contributed by atoms with Crippen molar-refractivity contribution < 1.29 is 19.1 Å². The monoisotopic (exact) mass is 421 g/mol. The van der Waals surface area contributed by atoms with Gasteiger partial charge in [0, 0.05) is 17.9 Å². The minimum atomic E-state index is -0.771. The molecule has 5 nitrogen and oxygen atoms in total. The number of likely N-dealkylation sites (tertiary alicyclic amines) is 1. The van der Waals surface area contributed by atoms with E-state index in [2.05, 4.69) is 24.3 Å². The first-order chi connectivity index (χ1) is 14.8. The van der Waals surface area contributed by atoms with Crippen molar-refractivity contribution in [2.45, 2.75) is 52.0 Å². The van der Waals surface area contributed by atoms with Gasteiger partial charge in [-0.1, -0.05) is 81.4 Å². The number of esters is 1. The average molecular weight is 422 g/mol. The molecular formula is C26H31NO4. The van der Waals surface area contributed by atoms with Crippen molar-refractivity contribution in [2.75, 3.05) is 13.2 Å². The van der Waals surface area contributed by atoms with Crippen LogP contribution in [0.25, 0.3) is 0 Å². The van der Waals surface area contributed by atoms with Gasteiger partial charge in [-0.15, -0.1) is 0 Å². The Morgan fingerprint density at radius 1 is 0.968 bits per heavy atom. The summed E-state index contributed by atoms with van der Waals surface area (Å²) in [6.07, 6.45) is 1.86. The zero-order chi connectivity index (χ0) is 22.4. The number of benzene rings is 2. The summed E-state index contributed by atoms with van der Waals surface area (Å²) in [4.78, 5) is 39.2. The quantitative estimate of drug-likeness (QED) is 0.492. The molecule has 1 atom stereocenters. The molecular weight excluding hydrogens is 390 g/mol. The molecule has 0 spiro atoms. The van der Waals surface area contributed by atoms with E-state index in [9.17, 15) is 14.4 Å². The molecule has 0 aromatic heterocycles. The topological polar surface area (TPSA) is 63.7 Å². The van der Waals surface area contributed by atoms with Gasteiger partial charge in [0.1, 0.15) is 6.04 Å². The molecule has 1 fully saturated rings.